The second-order valence-corrected chi connectivity index (χ2v) is 4.15. The molecule has 2 aromatic rings. The lowest BCUT2D eigenvalue weighted by Gasteiger charge is -2.07. The number of ether oxygens (including phenoxy) is 1. The van der Waals surface area contributed by atoms with Gasteiger partial charge in [-0.1, -0.05) is 12.1 Å². The molecule has 0 aliphatic carbocycles. The monoisotopic (exact) mass is 273 g/mol. The van der Waals surface area contributed by atoms with E-state index in [2.05, 4.69) is 10.3 Å². The smallest absolute Gasteiger partial charge is 0.250 e. The minimum absolute atomic E-state index is 0.00323. The first-order chi connectivity index (χ1) is 9.69. The van der Waals surface area contributed by atoms with E-state index in [0.717, 1.165) is 5.56 Å². The van der Waals surface area contributed by atoms with Crippen molar-refractivity contribution < 1.29 is 9.53 Å². The summed E-state index contributed by atoms with van der Waals surface area (Å²) in [5, 5.41) is 2.73. The molecule has 6 heteroatoms. The molecule has 2 rings (SSSR count). The fourth-order valence-electron chi connectivity index (χ4n) is 1.64. The number of amides is 1. The van der Waals surface area contributed by atoms with Gasteiger partial charge in [-0.3, -0.25) is 9.59 Å². The summed E-state index contributed by atoms with van der Waals surface area (Å²) in [6.07, 6.45) is 3.21. The van der Waals surface area contributed by atoms with Crippen LogP contribution in [-0.2, 0) is 17.9 Å². The molecule has 1 amide bonds. The first-order valence-corrected chi connectivity index (χ1v) is 6.10. The Labute approximate surface area is 116 Å². The van der Waals surface area contributed by atoms with Gasteiger partial charge in [0.25, 0.3) is 5.56 Å². The predicted octanol–water partition coefficient (Wildman–Crippen LogP) is 0.568. The van der Waals surface area contributed by atoms with E-state index in [4.69, 9.17) is 4.74 Å². The van der Waals surface area contributed by atoms with Crippen molar-refractivity contribution in [2.24, 2.45) is 0 Å². The third-order valence-corrected chi connectivity index (χ3v) is 2.71. The van der Waals surface area contributed by atoms with Gasteiger partial charge in [-0.05, 0) is 11.6 Å². The van der Waals surface area contributed by atoms with E-state index in [1.54, 1.807) is 37.7 Å². The zero-order valence-electron chi connectivity index (χ0n) is 11.1. The molecular formula is C14H15N3O3. The Balaban J connectivity index is 1.89. The zero-order chi connectivity index (χ0) is 14.4. The van der Waals surface area contributed by atoms with Crippen LogP contribution in [0.15, 0.2) is 47.5 Å². The Hall–Kier alpha value is -2.63. The van der Waals surface area contributed by atoms with Crippen molar-refractivity contribution in [1.29, 1.82) is 0 Å². The summed E-state index contributed by atoms with van der Waals surface area (Å²) in [4.78, 5) is 27.2. The number of nitrogens with one attached hydrogen (secondary N) is 1. The molecule has 0 unspecified atom stereocenters. The van der Waals surface area contributed by atoms with Crippen molar-refractivity contribution >= 4 is 5.91 Å². The highest BCUT2D eigenvalue weighted by molar-refractivity contribution is 5.75. The minimum atomic E-state index is -0.228. The number of nitrogens with zero attached hydrogens (tertiary/aromatic N) is 2. The number of carbonyl (C=O) groups excluding carboxylic acids is 1. The van der Waals surface area contributed by atoms with Crippen molar-refractivity contribution in [2.45, 2.75) is 13.1 Å². The van der Waals surface area contributed by atoms with Gasteiger partial charge in [0.15, 0.2) is 0 Å². The first kappa shape index (κ1) is 13.8. The fraction of sp³-hybridized carbons (Fsp3) is 0.214. The van der Waals surface area contributed by atoms with Gasteiger partial charge in [0.1, 0.15) is 6.54 Å². The van der Waals surface area contributed by atoms with Crippen molar-refractivity contribution in [3.05, 3.63) is 58.6 Å². The number of methoxy groups -OCH3 is 1. The van der Waals surface area contributed by atoms with Crippen LogP contribution in [0, 0.1) is 0 Å². The fourth-order valence-corrected chi connectivity index (χ4v) is 1.64. The molecule has 0 spiro atoms. The Morgan fingerprint density at radius 2 is 2.20 bits per heavy atom. The average molecular weight is 273 g/mol. The van der Waals surface area contributed by atoms with Crippen LogP contribution >= 0.6 is 0 Å². The first-order valence-electron chi connectivity index (χ1n) is 6.10. The molecule has 20 heavy (non-hydrogen) atoms. The summed E-state index contributed by atoms with van der Waals surface area (Å²) in [5.74, 6) is 0.296. The van der Waals surface area contributed by atoms with Crippen molar-refractivity contribution in [1.82, 2.24) is 14.9 Å². The molecule has 0 fully saturated rings. The number of hydrogen-bond donors (Lipinski definition) is 1. The second kappa shape index (κ2) is 6.51. The number of aromatic nitrogens is 2. The van der Waals surface area contributed by atoms with Crippen molar-refractivity contribution in [3.63, 3.8) is 0 Å². The van der Waals surface area contributed by atoms with Gasteiger partial charge in [0, 0.05) is 31.1 Å². The molecule has 104 valence electrons. The van der Waals surface area contributed by atoms with E-state index in [1.165, 1.54) is 10.6 Å². The van der Waals surface area contributed by atoms with Crippen LogP contribution in [0.25, 0.3) is 0 Å². The Bertz CT molecular complexity index is 635. The largest absolute Gasteiger partial charge is 0.481 e. The van der Waals surface area contributed by atoms with Gasteiger partial charge in [-0.2, -0.15) is 0 Å². The average Bonchev–Trinajstić information content (AvgIpc) is 2.48. The van der Waals surface area contributed by atoms with Crippen molar-refractivity contribution in [3.8, 4) is 5.88 Å². The molecule has 0 aliphatic rings. The highest BCUT2D eigenvalue weighted by atomic mass is 16.5. The molecule has 0 atom stereocenters. The summed E-state index contributed by atoms with van der Waals surface area (Å²) in [7, 11) is 1.54. The molecule has 0 saturated carbocycles. The Kier molecular flexibility index (Phi) is 4.49. The van der Waals surface area contributed by atoms with Gasteiger partial charge < -0.3 is 14.6 Å². The van der Waals surface area contributed by atoms with Gasteiger partial charge in [-0.25, -0.2) is 4.98 Å². The second-order valence-electron chi connectivity index (χ2n) is 4.15. The summed E-state index contributed by atoms with van der Waals surface area (Å²) in [5.41, 5.74) is 0.660. The van der Waals surface area contributed by atoms with Gasteiger partial charge >= 0.3 is 0 Å². The van der Waals surface area contributed by atoms with Crippen LogP contribution in [-0.4, -0.2) is 22.6 Å². The molecule has 0 bridgehead atoms. The number of pyridine rings is 2. The van der Waals surface area contributed by atoms with Crippen LogP contribution < -0.4 is 15.6 Å². The van der Waals surface area contributed by atoms with Gasteiger partial charge in [0.05, 0.1) is 7.11 Å². The quantitative estimate of drug-likeness (QED) is 0.864. The molecule has 2 heterocycles. The maximum Gasteiger partial charge on any atom is 0.250 e. The van der Waals surface area contributed by atoms with E-state index in [9.17, 15) is 9.59 Å². The lowest BCUT2D eigenvalue weighted by Crippen LogP contribution is -2.31. The molecule has 2 aromatic heterocycles. The van der Waals surface area contributed by atoms with E-state index in [1.807, 2.05) is 6.07 Å². The van der Waals surface area contributed by atoms with Crippen LogP contribution in [0.1, 0.15) is 5.56 Å². The van der Waals surface area contributed by atoms with Crippen molar-refractivity contribution in [2.75, 3.05) is 7.11 Å². The minimum Gasteiger partial charge on any atom is -0.481 e. The normalized spacial score (nSPS) is 10.1. The topological polar surface area (TPSA) is 73.2 Å². The van der Waals surface area contributed by atoms with Crippen LogP contribution in [0.5, 0.6) is 5.88 Å². The molecule has 0 saturated heterocycles. The summed E-state index contributed by atoms with van der Waals surface area (Å²) < 4.78 is 6.30. The standard InChI is InChI=1S/C14H15N3O3/c1-20-13-6-5-11(9-16-13)8-15-12(18)10-17-7-3-2-4-14(17)19/h2-7,9H,8,10H2,1H3,(H,15,18). The molecule has 6 nitrogen and oxygen atoms in total. The SMILES string of the molecule is COc1ccc(CNC(=O)Cn2ccccc2=O)cn1. The predicted molar refractivity (Wildman–Crippen MR) is 73.3 cm³/mol. The van der Waals surface area contributed by atoms with Crippen LogP contribution in [0.4, 0.5) is 0 Å². The zero-order valence-corrected chi connectivity index (χ0v) is 11.1. The molecule has 1 N–H and O–H groups in total. The Morgan fingerprint density at radius 3 is 2.85 bits per heavy atom. The maximum absolute atomic E-state index is 11.7. The van der Waals surface area contributed by atoms with E-state index in [0.29, 0.717) is 12.4 Å². The Morgan fingerprint density at radius 1 is 1.35 bits per heavy atom. The number of rotatable bonds is 5. The molecular weight excluding hydrogens is 258 g/mol. The number of carbonyl (C=O) groups is 1. The van der Waals surface area contributed by atoms with E-state index >= 15 is 0 Å². The van der Waals surface area contributed by atoms with Gasteiger partial charge in [0.2, 0.25) is 11.8 Å². The molecule has 0 aliphatic heterocycles. The van der Waals surface area contributed by atoms with Crippen LogP contribution in [0.3, 0.4) is 0 Å². The lowest BCUT2D eigenvalue weighted by molar-refractivity contribution is -0.121. The van der Waals surface area contributed by atoms with Crippen LogP contribution in [0.2, 0.25) is 0 Å². The number of hydrogen-bond acceptors (Lipinski definition) is 4. The highest BCUT2D eigenvalue weighted by Crippen LogP contribution is 2.06. The van der Waals surface area contributed by atoms with E-state index < -0.39 is 0 Å². The molecule has 0 aromatic carbocycles. The lowest BCUT2D eigenvalue weighted by atomic mass is 10.3. The third-order valence-electron chi connectivity index (χ3n) is 2.71. The third kappa shape index (κ3) is 3.68. The maximum atomic E-state index is 11.7. The summed E-state index contributed by atoms with van der Waals surface area (Å²) in [6.45, 7) is 0.362. The van der Waals surface area contributed by atoms with Gasteiger partial charge in [-0.15, -0.1) is 0 Å². The molecule has 0 radical (unpaired) electrons. The van der Waals surface area contributed by atoms with E-state index in [-0.39, 0.29) is 18.0 Å². The summed E-state index contributed by atoms with van der Waals surface area (Å²) >= 11 is 0. The summed E-state index contributed by atoms with van der Waals surface area (Å²) in [6, 6.07) is 8.31. The highest BCUT2D eigenvalue weighted by Gasteiger charge is 2.04.